The van der Waals surface area contributed by atoms with Crippen molar-refractivity contribution in [3.05, 3.63) is 57.1 Å². The Morgan fingerprint density at radius 3 is 2.32 bits per heavy atom. The first-order valence-corrected chi connectivity index (χ1v) is 8.60. The van der Waals surface area contributed by atoms with Crippen molar-refractivity contribution in [2.24, 2.45) is 0 Å². The predicted octanol–water partition coefficient (Wildman–Crippen LogP) is 3.27. The number of aryl methyl sites for hydroxylation is 1. The fraction of sp³-hybridized carbons (Fsp3) is 0.286. The Balaban J connectivity index is 2.30. The van der Waals surface area contributed by atoms with Gasteiger partial charge in [-0.15, -0.1) is 0 Å². The highest BCUT2D eigenvalue weighted by molar-refractivity contribution is 5.92. The van der Waals surface area contributed by atoms with Crippen LogP contribution in [0.5, 0.6) is 23.0 Å². The van der Waals surface area contributed by atoms with Crippen LogP contribution in [-0.2, 0) is 17.8 Å². The van der Waals surface area contributed by atoms with Crippen molar-refractivity contribution in [1.29, 1.82) is 0 Å². The number of phenolic OH excluding ortho intramolecular Hbond substituents is 2. The standard InChI is InChI=1S/C21H22O7/c1-11-5-16-15(17(23)9-19(27-4)20(16)21(24)28-11)8-14-12(10-25-2)6-13(22)7-18(14)26-3/h5-7,9,22-23H,8,10H2,1-4H3. The quantitative estimate of drug-likeness (QED) is 0.671. The van der Waals surface area contributed by atoms with E-state index in [9.17, 15) is 15.0 Å². The van der Waals surface area contributed by atoms with Crippen molar-refractivity contribution in [2.45, 2.75) is 20.0 Å². The Hall–Kier alpha value is -3.19. The normalized spacial score (nSPS) is 11.0. The molecule has 2 N–H and O–H groups in total. The SMILES string of the molecule is COCc1cc(O)cc(OC)c1Cc1c(O)cc(OC)c2c(=O)oc(C)cc12. The lowest BCUT2D eigenvalue weighted by atomic mass is 9.94. The van der Waals surface area contributed by atoms with Crippen LogP contribution in [-0.4, -0.2) is 31.5 Å². The molecule has 3 aromatic rings. The highest BCUT2D eigenvalue weighted by Gasteiger charge is 2.20. The first kappa shape index (κ1) is 19.6. The summed E-state index contributed by atoms with van der Waals surface area (Å²) >= 11 is 0. The van der Waals surface area contributed by atoms with E-state index < -0.39 is 5.63 Å². The van der Waals surface area contributed by atoms with Gasteiger partial charge < -0.3 is 28.8 Å². The number of hydrogen-bond donors (Lipinski definition) is 2. The highest BCUT2D eigenvalue weighted by Crippen LogP contribution is 2.38. The number of fused-ring (bicyclic) bond motifs is 1. The van der Waals surface area contributed by atoms with E-state index in [4.69, 9.17) is 18.6 Å². The van der Waals surface area contributed by atoms with Gasteiger partial charge in [0.15, 0.2) is 0 Å². The lowest BCUT2D eigenvalue weighted by Gasteiger charge is -2.17. The molecular formula is C21H22O7. The smallest absolute Gasteiger partial charge is 0.347 e. The fourth-order valence-electron chi connectivity index (χ4n) is 3.38. The van der Waals surface area contributed by atoms with E-state index in [-0.39, 0.29) is 35.7 Å². The van der Waals surface area contributed by atoms with Crippen LogP contribution in [0.15, 0.2) is 33.5 Å². The van der Waals surface area contributed by atoms with Gasteiger partial charge in [-0.3, -0.25) is 0 Å². The number of methoxy groups -OCH3 is 3. The third-order valence-corrected chi connectivity index (χ3v) is 4.60. The van der Waals surface area contributed by atoms with Gasteiger partial charge in [-0.25, -0.2) is 4.79 Å². The molecule has 0 bridgehead atoms. The lowest BCUT2D eigenvalue weighted by molar-refractivity contribution is 0.183. The molecule has 28 heavy (non-hydrogen) atoms. The third kappa shape index (κ3) is 3.48. The zero-order valence-electron chi connectivity index (χ0n) is 16.2. The Bertz CT molecular complexity index is 1080. The van der Waals surface area contributed by atoms with Crippen LogP contribution < -0.4 is 15.1 Å². The third-order valence-electron chi connectivity index (χ3n) is 4.60. The second kappa shape index (κ2) is 7.82. The van der Waals surface area contributed by atoms with Crippen molar-refractivity contribution >= 4 is 10.8 Å². The number of ether oxygens (including phenoxy) is 3. The number of phenols is 2. The van der Waals surface area contributed by atoms with Crippen molar-refractivity contribution in [1.82, 2.24) is 0 Å². The van der Waals surface area contributed by atoms with Gasteiger partial charge in [0.05, 0.1) is 20.8 Å². The minimum atomic E-state index is -0.539. The van der Waals surface area contributed by atoms with Crippen LogP contribution in [0.25, 0.3) is 10.8 Å². The Morgan fingerprint density at radius 1 is 0.964 bits per heavy atom. The topological polar surface area (TPSA) is 98.4 Å². The van der Waals surface area contributed by atoms with Gasteiger partial charge in [0.25, 0.3) is 0 Å². The molecule has 7 nitrogen and oxygen atoms in total. The molecule has 0 fully saturated rings. The second-order valence-corrected chi connectivity index (χ2v) is 6.41. The van der Waals surface area contributed by atoms with Gasteiger partial charge in [-0.2, -0.15) is 0 Å². The predicted molar refractivity (Wildman–Crippen MR) is 104 cm³/mol. The molecule has 0 saturated heterocycles. The Labute approximate surface area is 161 Å². The lowest BCUT2D eigenvalue weighted by Crippen LogP contribution is -2.07. The van der Waals surface area contributed by atoms with Crippen LogP contribution in [0.1, 0.15) is 22.5 Å². The summed E-state index contributed by atoms with van der Waals surface area (Å²) in [5.41, 5.74) is 1.42. The molecule has 1 aromatic heterocycles. The molecule has 0 saturated carbocycles. The highest BCUT2D eigenvalue weighted by atomic mass is 16.5. The van der Waals surface area contributed by atoms with Crippen LogP contribution in [0, 0.1) is 6.92 Å². The van der Waals surface area contributed by atoms with Crippen molar-refractivity contribution in [3.63, 3.8) is 0 Å². The molecule has 0 aliphatic rings. The van der Waals surface area contributed by atoms with Crippen LogP contribution in [0.3, 0.4) is 0 Å². The maximum absolute atomic E-state index is 12.4. The second-order valence-electron chi connectivity index (χ2n) is 6.41. The van der Waals surface area contributed by atoms with Gasteiger partial charge in [0.2, 0.25) is 0 Å². The largest absolute Gasteiger partial charge is 0.508 e. The van der Waals surface area contributed by atoms with Gasteiger partial charge in [-0.1, -0.05) is 0 Å². The zero-order valence-corrected chi connectivity index (χ0v) is 16.2. The molecule has 1 heterocycles. The number of aromatic hydroxyl groups is 2. The molecule has 0 atom stereocenters. The van der Waals surface area contributed by atoms with E-state index in [2.05, 4.69) is 0 Å². The minimum absolute atomic E-state index is 0.0205. The maximum Gasteiger partial charge on any atom is 0.347 e. The summed E-state index contributed by atoms with van der Waals surface area (Å²) in [5, 5.41) is 21.4. The van der Waals surface area contributed by atoms with Crippen LogP contribution in [0.2, 0.25) is 0 Å². The molecule has 148 valence electrons. The summed E-state index contributed by atoms with van der Waals surface area (Å²) in [6.45, 7) is 1.91. The Morgan fingerprint density at radius 2 is 1.68 bits per heavy atom. The summed E-state index contributed by atoms with van der Waals surface area (Å²) in [5.74, 6) is 1.14. The average molecular weight is 386 g/mol. The average Bonchev–Trinajstić information content (AvgIpc) is 2.64. The fourth-order valence-corrected chi connectivity index (χ4v) is 3.38. The molecule has 0 unspecified atom stereocenters. The summed E-state index contributed by atoms with van der Waals surface area (Å²) < 4.78 is 21.1. The van der Waals surface area contributed by atoms with Crippen molar-refractivity contribution in [2.75, 3.05) is 21.3 Å². The van der Waals surface area contributed by atoms with Crippen LogP contribution >= 0.6 is 0 Å². The van der Waals surface area contributed by atoms with E-state index in [1.165, 1.54) is 26.4 Å². The molecule has 0 amide bonds. The molecule has 0 aliphatic heterocycles. The van der Waals surface area contributed by atoms with Crippen molar-refractivity contribution in [3.8, 4) is 23.0 Å². The molecule has 0 aliphatic carbocycles. The molecule has 7 heteroatoms. The summed E-state index contributed by atoms with van der Waals surface area (Å²) in [6.07, 6.45) is 0.247. The monoisotopic (exact) mass is 386 g/mol. The van der Waals surface area contributed by atoms with E-state index in [1.54, 1.807) is 26.2 Å². The number of rotatable bonds is 6. The molecule has 0 spiro atoms. The zero-order chi connectivity index (χ0) is 20.4. The van der Waals surface area contributed by atoms with Crippen molar-refractivity contribution < 1.29 is 28.8 Å². The summed E-state index contributed by atoms with van der Waals surface area (Å²) in [4.78, 5) is 12.4. The first-order chi connectivity index (χ1) is 13.4. The van der Waals surface area contributed by atoms with E-state index in [0.717, 1.165) is 5.56 Å². The van der Waals surface area contributed by atoms with Gasteiger partial charge in [0, 0.05) is 42.2 Å². The summed E-state index contributed by atoms with van der Waals surface area (Å²) in [6, 6.07) is 6.17. The van der Waals surface area contributed by atoms with Gasteiger partial charge >= 0.3 is 5.63 Å². The molecule has 2 aromatic carbocycles. The van der Waals surface area contributed by atoms with E-state index >= 15 is 0 Å². The van der Waals surface area contributed by atoms with Crippen LogP contribution in [0.4, 0.5) is 0 Å². The van der Waals surface area contributed by atoms with E-state index in [1.807, 2.05) is 0 Å². The number of hydrogen-bond acceptors (Lipinski definition) is 7. The Kier molecular flexibility index (Phi) is 5.46. The van der Waals surface area contributed by atoms with Gasteiger partial charge in [-0.05, 0) is 24.6 Å². The first-order valence-electron chi connectivity index (χ1n) is 8.60. The molecular weight excluding hydrogens is 364 g/mol. The minimum Gasteiger partial charge on any atom is -0.508 e. The summed E-state index contributed by atoms with van der Waals surface area (Å²) in [7, 11) is 4.47. The van der Waals surface area contributed by atoms with E-state index in [0.29, 0.717) is 28.0 Å². The maximum atomic E-state index is 12.4. The molecule has 0 radical (unpaired) electrons. The number of benzene rings is 2. The van der Waals surface area contributed by atoms with Gasteiger partial charge in [0.1, 0.15) is 34.1 Å². The molecule has 3 rings (SSSR count).